The number of rotatable bonds is 3. The van der Waals surface area contributed by atoms with E-state index in [4.69, 9.17) is 27.9 Å². The van der Waals surface area contributed by atoms with E-state index in [0.717, 1.165) is 5.56 Å². The Morgan fingerprint density at radius 2 is 1.94 bits per heavy atom. The van der Waals surface area contributed by atoms with Gasteiger partial charge in [-0.15, -0.1) is 11.6 Å². The van der Waals surface area contributed by atoms with Gasteiger partial charge in [0.25, 0.3) is 0 Å². The molecule has 0 aliphatic heterocycles. The van der Waals surface area contributed by atoms with Crippen LogP contribution in [-0.2, 0) is 5.88 Å². The minimum absolute atomic E-state index is 0.282. The van der Waals surface area contributed by atoms with Gasteiger partial charge in [-0.1, -0.05) is 17.7 Å². The third kappa shape index (κ3) is 2.95. The molecular weight excluding hydrogens is 274 g/mol. The Hall–Kier alpha value is -1.25. The third-order valence-corrected chi connectivity index (χ3v) is 3.06. The Balaban J connectivity index is 2.30. The van der Waals surface area contributed by atoms with Crippen molar-refractivity contribution in [3.05, 3.63) is 58.4 Å². The summed E-state index contributed by atoms with van der Waals surface area (Å²) in [6, 6.07) is 9.89. The second-order valence-electron chi connectivity index (χ2n) is 3.90. The van der Waals surface area contributed by atoms with E-state index in [9.17, 15) is 4.39 Å². The first-order chi connectivity index (χ1) is 8.60. The molecule has 0 bridgehead atoms. The van der Waals surface area contributed by atoms with Crippen LogP contribution in [0.4, 0.5) is 4.39 Å². The van der Waals surface area contributed by atoms with Crippen LogP contribution in [-0.4, -0.2) is 0 Å². The first-order valence-corrected chi connectivity index (χ1v) is 6.30. The van der Waals surface area contributed by atoms with Gasteiger partial charge in [0.05, 0.1) is 5.88 Å². The fraction of sp³-hybridized carbons (Fsp3) is 0.143. The van der Waals surface area contributed by atoms with E-state index in [1.165, 1.54) is 6.07 Å². The van der Waals surface area contributed by atoms with Crippen LogP contribution in [0.15, 0.2) is 36.4 Å². The van der Waals surface area contributed by atoms with Crippen molar-refractivity contribution in [3.63, 3.8) is 0 Å². The van der Waals surface area contributed by atoms with Crippen LogP contribution < -0.4 is 4.74 Å². The van der Waals surface area contributed by atoms with Crippen LogP contribution in [0.5, 0.6) is 11.5 Å². The molecule has 1 nitrogen and oxygen atoms in total. The second kappa shape index (κ2) is 5.59. The molecule has 0 aromatic heterocycles. The highest BCUT2D eigenvalue weighted by Crippen LogP contribution is 2.29. The molecule has 18 heavy (non-hydrogen) atoms. The van der Waals surface area contributed by atoms with Gasteiger partial charge in [0.1, 0.15) is 17.3 Å². The number of aryl methyl sites for hydroxylation is 1. The quantitative estimate of drug-likeness (QED) is 0.693. The molecule has 0 aliphatic carbocycles. The zero-order chi connectivity index (χ0) is 13.1. The van der Waals surface area contributed by atoms with Crippen molar-refractivity contribution in [2.75, 3.05) is 0 Å². The van der Waals surface area contributed by atoms with E-state index in [2.05, 4.69) is 0 Å². The number of alkyl halides is 1. The number of hydrogen-bond acceptors (Lipinski definition) is 1. The van der Waals surface area contributed by atoms with E-state index in [1.807, 2.05) is 0 Å². The van der Waals surface area contributed by atoms with Crippen LogP contribution in [0.3, 0.4) is 0 Å². The van der Waals surface area contributed by atoms with Gasteiger partial charge in [0.15, 0.2) is 0 Å². The van der Waals surface area contributed by atoms with Crippen molar-refractivity contribution in [3.8, 4) is 11.5 Å². The zero-order valence-corrected chi connectivity index (χ0v) is 11.2. The second-order valence-corrected chi connectivity index (χ2v) is 4.60. The van der Waals surface area contributed by atoms with Crippen molar-refractivity contribution in [2.45, 2.75) is 12.8 Å². The smallest absolute Gasteiger partial charge is 0.131 e. The van der Waals surface area contributed by atoms with Gasteiger partial charge in [0, 0.05) is 16.7 Å². The van der Waals surface area contributed by atoms with E-state index < -0.39 is 0 Å². The highest BCUT2D eigenvalue weighted by molar-refractivity contribution is 6.30. The molecule has 2 aromatic rings. The zero-order valence-electron chi connectivity index (χ0n) is 9.71. The summed E-state index contributed by atoms with van der Waals surface area (Å²) >= 11 is 11.7. The van der Waals surface area contributed by atoms with Crippen LogP contribution in [0.25, 0.3) is 0 Å². The molecule has 0 atom stereocenters. The molecule has 0 N–H and O–H groups in total. The molecule has 0 aliphatic rings. The number of benzene rings is 2. The molecule has 0 saturated carbocycles. The maximum absolute atomic E-state index is 13.4. The van der Waals surface area contributed by atoms with Crippen LogP contribution >= 0.6 is 23.2 Å². The molecule has 0 fully saturated rings. The summed E-state index contributed by atoms with van der Waals surface area (Å²) in [5.41, 5.74) is 1.35. The topological polar surface area (TPSA) is 9.23 Å². The fourth-order valence-electron chi connectivity index (χ4n) is 1.52. The average Bonchev–Trinajstić information content (AvgIpc) is 2.36. The summed E-state index contributed by atoms with van der Waals surface area (Å²) in [7, 11) is 0. The monoisotopic (exact) mass is 284 g/mol. The molecule has 2 aromatic carbocycles. The minimum Gasteiger partial charge on any atom is -0.457 e. The Morgan fingerprint density at radius 3 is 2.61 bits per heavy atom. The maximum Gasteiger partial charge on any atom is 0.131 e. The van der Waals surface area contributed by atoms with Crippen molar-refractivity contribution in [1.82, 2.24) is 0 Å². The van der Waals surface area contributed by atoms with Crippen molar-refractivity contribution >= 4 is 23.2 Å². The van der Waals surface area contributed by atoms with Crippen LogP contribution in [0.2, 0.25) is 5.02 Å². The summed E-state index contributed by atoms with van der Waals surface area (Å²) in [5.74, 6) is 1.00. The SMILES string of the molecule is Cc1ccc(Oc2ccc(Cl)cc2CCl)cc1F. The lowest BCUT2D eigenvalue weighted by Crippen LogP contribution is -1.91. The van der Waals surface area contributed by atoms with E-state index in [1.54, 1.807) is 37.3 Å². The Bertz CT molecular complexity index is 570. The summed E-state index contributed by atoms with van der Waals surface area (Å²) in [4.78, 5) is 0. The number of halogens is 3. The van der Waals surface area contributed by atoms with Gasteiger partial charge in [-0.05, 0) is 36.8 Å². The number of ether oxygens (including phenoxy) is 1. The van der Waals surface area contributed by atoms with E-state index in [0.29, 0.717) is 22.1 Å². The lowest BCUT2D eigenvalue weighted by atomic mass is 10.2. The molecule has 0 saturated heterocycles. The van der Waals surface area contributed by atoms with Gasteiger partial charge in [-0.2, -0.15) is 0 Å². The standard InChI is InChI=1S/C14H11Cl2FO/c1-9-2-4-12(7-13(9)17)18-14-5-3-11(16)6-10(14)8-15/h2-7H,8H2,1H3. The lowest BCUT2D eigenvalue weighted by Gasteiger charge is -2.10. The Kier molecular flexibility index (Phi) is 4.10. The molecule has 94 valence electrons. The largest absolute Gasteiger partial charge is 0.457 e. The van der Waals surface area contributed by atoms with Crippen LogP contribution in [0.1, 0.15) is 11.1 Å². The summed E-state index contributed by atoms with van der Waals surface area (Å²) in [6.45, 7) is 1.70. The molecule has 0 heterocycles. The predicted molar refractivity (Wildman–Crippen MR) is 72.2 cm³/mol. The Labute approximate surface area is 115 Å². The molecule has 4 heteroatoms. The van der Waals surface area contributed by atoms with Crippen LogP contribution in [0, 0.1) is 12.7 Å². The molecule has 2 rings (SSSR count). The predicted octanol–water partition coefficient (Wildman–Crippen LogP) is 5.32. The number of hydrogen-bond donors (Lipinski definition) is 0. The average molecular weight is 285 g/mol. The maximum atomic E-state index is 13.4. The highest BCUT2D eigenvalue weighted by Gasteiger charge is 2.06. The van der Waals surface area contributed by atoms with Crippen molar-refractivity contribution < 1.29 is 9.13 Å². The first kappa shape index (κ1) is 13.2. The molecule has 0 unspecified atom stereocenters. The van der Waals surface area contributed by atoms with E-state index >= 15 is 0 Å². The molecule has 0 spiro atoms. The first-order valence-electron chi connectivity index (χ1n) is 5.38. The van der Waals surface area contributed by atoms with Crippen molar-refractivity contribution in [2.24, 2.45) is 0 Å². The van der Waals surface area contributed by atoms with Gasteiger partial charge in [0.2, 0.25) is 0 Å². The van der Waals surface area contributed by atoms with Gasteiger partial charge < -0.3 is 4.74 Å². The fourth-order valence-corrected chi connectivity index (χ4v) is 1.92. The molecule has 0 amide bonds. The van der Waals surface area contributed by atoms with Gasteiger partial charge in [-0.25, -0.2) is 4.39 Å². The summed E-state index contributed by atoms with van der Waals surface area (Å²) in [5, 5.41) is 0.591. The van der Waals surface area contributed by atoms with Crippen molar-refractivity contribution in [1.29, 1.82) is 0 Å². The van der Waals surface area contributed by atoms with Gasteiger partial charge >= 0.3 is 0 Å². The highest BCUT2D eigenvalue weighted by atomic mass is 35.5. The summed E-state index contributed by atoms with van der Waals surface area (Å²) in [6.07, 6.45) is 0. The lowest BCUT2D eigenvalue weighted by molar-refractivity contribution is 0.472. The third-order valence-electron chi connectivity index (χ3n) is 2.54. The summed E-state index contributed by atoms with van der Waals surface area (Å²) < 4.78 is 19.0. The molecule has 0 radical (unpaired) electrons. The Morgan fingerprint density at radius 1 is 1.17 bits per heavy atom. The van der Waals surface area contributed by atoms with E-state index in [-0.39, 0.29) is 11.7 Å². The van der Waals surface area contributed by atoms with Gasteiger partial charge in [-0.3, -0.25) is 0 Å². The normalized spacial score (nSPS) is 10.4. The molecular formula is C14H11Cl2FO. The minimum atomic E-state index is -0.297.